The Morgan fingerprint density at radius 1 is 1.32 bits per heavy atom. The molecular formula is C14H10ClFINO. The molecule has 1 amide bonds. The molecule has 2 nitrogen and oxygen atoms in total. The Bertz CT molecular complexity index is 625. The fourth-order valence-corrected chi connectivity index (χ4v) is 2.40. The van der Waals surface area contributed by atoms with Crippen molar-refractivity contribution in [3.63, 3.8) is 0 Å². The summed E-state index contributed by atoms with van der Waals surface area (Å²) in [4.78, 5) is 12.2. The second-order valence-corrected chi connectivity index (χ2v) is 5.61. The molecule has 0 saturated carbocycles. The predicted molar refractivity (Wildman–Crippen MR) is 83.3 cm³/mol. The van der Waals surface area contributed by atoms with E-state index >= 15 is 0 Å². The van der Waals surface area contributed by atoms with E-state index in [1.54, 1.807) is 37.3 Å². The van der Waals surface area contributed by atoms with Crippen LogP contribution in [-0.4, -0.2) is 5.91 Å². The van der Waals surface area contributed by atoms with E-state index in [0.29, 0.717) is 16.1 Å². The standard InChI is InChI=1S/C14H10ClFINO/c1-8-3-2-4-11(16)13(8)18-14(19)10-7-9(15)5-6-12(10)17/h2-7H,1H3,(H,18,19). The van der Waals surface area contributed by atoms with Crippen LogP contribution >= 0.6 is 34.2 Å². The Hall–Kier alpha value is -1.14. The molecule has 0 atom stereocenters. The van der Waals surface area contributed by atoms with Gasteiger partial charge in [-0.1, -0.05) is 23.7 Å². The van der Waals surface area contributed by atoms with Gasteiger partial charge in [-0.3, -0.25) is 4.79 Å². The summed E-state index contributed by atoms with van der Waals surface area (Å²) in [5.74, 6) is -0.828. The zero-order chi connectivity index (χ0) is 14.0. The monoisotopic (exact) mass is 389 g/mol. The molecule has 2 aromatic rings. The number of halogens is 3. The van der Waals surface area contributed by atoms with Crippen molar-refractivity contribution >= 4 is 45.8 Å². The average Bonchev–Trinajstić information content (AvgIpc) is 2.37. The zero-order valence-corrected chi connectivity index (χ0v) is 12.9. The van der Waals surface area contributed by atoms with Crippen molar-refractivity contribution in [2.24, 2.45) is 0 Å². The minimum absolute atomic E-state index is 0.197. The quantitative estimate of drug-likeness (QED) is 0.745. The minimum atomic E-state index is -0.453. The van der Waals surface area contributed by atoms with E-state index in [-0.39, 0.29) is 11.6 Å². The van der Waals surface area contributed by atoms with Crippen LogP contribution in [0.15, 0.2) is 36.4 Å². The SMILES string of the molecule is Cc1cccc(F)c1NC(=O)c1cc(Cl)ccc1I. The highest BCUT2D eigenvalue weighted by Crippen LogP contribution is 2.22. The minimum Gasteiger partial charge on any atom is -0.319 e. The Labute approximate surface area is 129 Å². The first-order valence-corrected chi connectivity index (χ1v) is 6.96. The number of benzene rings is 2. The van der Waals surface area contributed by atoms with Crippen molar-refractivity contribution in [1.82, 2.24) is 0 Å². The number of carbonyl (C=O) groups excluding carboxylic acids is 1. The molecule has 0 bridgehead atoms. The summed E-state index contributed by atoms with van der Waals surface area (Å²) in [6, 6.07) is 9.66. The van der Waals surface area contributed by atoms with Crippen LogP contribution in [0, 0.1) is 16.3 Å². The summed E-state index contributed by atoms with van der Waals surface area (Å²) in [5.41, 5.74) is 1.30. The highest BCUT2D eigenvalue weighted by Gasteiger charge is 2.14. The van der Waals surface area contributed by atoms with Crippen LogP contribution in [0.25, 0.3) is 0 Å². The number of hydrogen-bond acceptors (Lipinski definition) is 1. The molecule has 0 heterocycles. The van der Waals surface area contributed by atoms with E-state index in [9.17, 15) is 9.18 Å². The fourth-order valence-electron chi connectivity index (χ4n) is 1.64. The molecule has 2 aromatic carbocycles. The summed E-state index contributed by atoms with van der Waals surface area (Å²) in [6.45, 7) is 1.74. The van der Waals surface area contributed by atoms with Gasteiger partial charge < -0.3 is 5.32 Å². The summed E-state index contributed by atoms with van der Waals surface area (Å²) in [5, 5.41) is 3.05. The van der Waals surface area contributed by atoms with Gasteiger partial charge in [-0.15, -0.1) is 0 Å². The van der Waals surface area contributed by atoms with Gasteiger partial charge in [0.2, 0.25) is 0 Å². The molecule has 0 aliphatic heterocycles. The topological polar surface area (TPSA) is 29.1 Å². The van der Waals surface area contributed by atoms with Gasteiger partial charge in [0.1, 0.15) is 5.82 Å². The lowest BCUT2D eigenvalue weighted by atomic mass is 10.1. The first-order valence-electron chi connectivity index (χ1n) is 5.50. The second kappa shape index (κ2) is 5.88. The molecule has 0 fully saturated rings. The molecule has 0 aliphatic rings. The lowest BCUT2D eigenvalue weighted by molar-refractivity contribution is 0.102. The Morgan fingerprint density at radius 3 is 2.74 bits per heavy atom. The maximum atomic E-state index is 13.7. The van der Waals surface area contributed by atoms with Gasteiger partial charge in [-0.2, -0.15) is 0 Å². The van der Waals surface area contributed by atoms with Gasteiger partial charge in [-0.25, -0.2) is 4.39 Å². The molecule has 19 heavy (non-hydrogen) atoms. The smallest absolute Gasteiger partial charge is 0.256 e. The normalized spacial score (nSPS) is 10.3. The number of nitrogens with one attached hydrogen (secondary N) is 1. The van der Waals surface area contributed by atoms with E-state index in [1.165, 1.54) is 6.07 Å². The number of anilines is 1. The third kappa shape index (κ3) is 3.25. The molecule has 0 unspecified atom stereocenters. The summed E-state index contributed by atoms with van der Waals surface area (Å²) in [7, 11) is 0. The van der Waals surface area contributed by atoms with E-state index in [0.717, 1.165) is 3.57 Å². The van der Waals surface area contributed by atoms with Gasteiger partial charge in [0.05, 0.1) is 11.3 Å². The third-order valence-electron chi connectivity index (χ3n) is 2.63. The molecule has 0 spiro atoms. The van der Waals surface area contributed by atoms with Crippen molar-refractivity contribution < 1.29 is 9.18 Å². The molecule has 2 rings (SSSR count). The molecular weight excluding hydrogens is 380 g/mol. The lowest BCUT2D eigenvalue weighted by Gasteiger charge is -2.10. The number of carbonyl (C=O) groups is 1. The molecule has 0 aliphatic carbocycles. The van der Waals surface area contributed by atoms with Crippen molar-refractivity contribution in [2.75, 3.05) is 5.32 Å². The van der Waals surface area contributed by atoms with E-state index in [2.05, 4.69) is 5.32 Å². The lowest BCUT2D eigenvalue weighted by Crippen LogP contribution is -2.15. The number of hydrogen-bond donors (Lipinski definition) is 1. The Morgan fingerprint density at radius 2 is 2.05 bits per heavy atom. The maximum Gasteiger partial charge on any atom is 0.256 e. The first-order chi connectivity index (χ1) is 8.99. The molecule has 1 N–H and O–H groups in total. The fraction of sp³-hybridized carbons (Fsp3) is 0.0714. The molecule has 0 aromatic heterocycles. The van der Waals surface area contributed by atoms with Gasteiger partial charge in [-0.05, 0) is 59.3 Å². The van der Waals surface area contributed by atoms with Crippen molar-refractivity contribution in [3.05, 3.63) is 61.9 Å². The van der Waals surface area contributed by atoms with Crippen molar-refractivity contribution in [2.45, 2.75) is 6.92 Å². The molecule has 5 heteroatoms. The van der Waals surface area contributed by atoms with E-state index in [4.69, 9.17) is 11.6 Å². The van der Waals surface area contributed by atoms with E-state index in [1.807, 2.05) is 22.6 Å². The number of para-hydroxylation sites is 1. The van der Waals surface area contributed by atoms with Crippen LogP contribution in [0.5, 0.6) is 0 Å². The summed E-state index contributed by atoms with van der Waals surface area (Å²) in [6.07, 6.45) is 0. The van der Waals surface area contributed by atoms with Crippen LogP contribution < -0.4 is 5.32 Å². The Balaban J connectivity index is 2.34. The average molecular weight is 390 g/mol. The van der Waals surface area contributed by atoms with Crippen LogP contribution in [0.1, 0.15) is 15.9 Å². The third-order valence-corrected chi connectivity index (χ3v) is 3.81. The highest BCUT2D eigenvalue weighted by molar-refractivity contribution is 14.1. The molecule has 0 saturated heterocycles. The first kappa shape index (κ1) is 14.3. The van der Waals surface area contributed by atoms with Crippen molar-refractivity contribution in [3.8, 4) is 0 Å². The largest absolute Gasteiger partial charge is 0.319 e. The Kier molecular flexibility index (Phi) is 4.42. The summed E-state index contributed by atoms with van der Waals surface area (Å²) >= 11 is 7.91. The van der Waals surface area contributed by atoms with Crippen LogP contribution in [0.4, 0.5) is 10.1 Å². The summed E-state index contributed by atoms with van der Waals surface area (Å²) < 4.78 is 14.4. The number of amides is 1. The molecule has 0 radical (unpaired) electrons. The zero-order valence-electron chi connectivity index (χ0n) is 10.0. The van der Waals surface area contributed by atoms with Crippen LogP contribution in [0.2, 0.25) is 5.02 Å². The van der Waals surface area contributed by atoms with Gasteiger partial charge >= 0.3 is 0 Å². The van der Waals surface area contributed by atoms with Gasteiger partial charge in [0.25, 0.3) is 5.91 Å². The highest BCUT2D eigenvalue weighted by atomic mass is 127. The van der Waals surface area contributed by atoms with E-state index < -0.39 is 5.82 Å². The van der Waals surface area contributed by atoms with Crippen LogP contribution in [0.3, 0.4) is 0 Å². The second-order valence-electron chi connectivity index (χ2n) is 4.01. The number of rotatable bonds is 2. The molecule has 98 valence electrons. The van der Waals surface area contributed by atoms with Crippen LogP contribution in [-0.2, 0) is 0 Å². The predicted octanol–water partition coefficient (Wildman–Crippen LogP) is 4.64. The van der Waals surface area contributed by atoms with Gasteiger partial charge in [0, 0.05) is 8.59 Å². The maximum absolute atomic E-state index is 13.7. The number of aryl methyl sites for hydroxylation is 1. The van der Waals surface area contributed by atoms with Gasteiger partial charge in [0.15, 0.2) is 0 Å². The van der Waals surface area contributed by atoms with Crippen molar-refractivity contribution in [1.29, 1.82) is 0 Å².